The van der Waals surface area contributed by atoms with Crippen LogP contribution in [0.2, 0.25) is 0 Å². The lowest BCUT2D eigenvalue weighted by Crippen LogP contribution is -1.92. The molecule has 0 radical (unpaired) electrons. The highest BCUT2D eigenvalue weighted by atomic mass is 32.2. The van der Waals surface area contributed by atoms with E-state index in [0.29, 0.717) is 11.3 Å². The van der Waals surface area contributed by atoms with E-state index in [1.165, 1.54) is 6.42 Å². The molecule has 0 aliphatic carbocycles. The van der Waals surface area contributed by atoms with Gasteiger partial charge in [-0.2, -0.15) is 5.26 Å². The van der Waals surface area contributed by atoms with Crippen molar-refractivity contribution < 1.29 is 0 Å². The van der Waals surface area contributed by atoms with E-state index in [1.54, 1.807) is 17.8 Å². The van der Waals surface area contributed by atoms with E-state index in [4.69, 9.17) is 11.0 Å². The van der Waals surface area contributed by atoms with E-state index >= 15 is 0 Å². The van der Waals surface area contributed by atoms with E-state index in [1.807, 2.05) is 12.1 Å². The first-order chi connectivity index (χ1) is 7.13. The Morgan fingerprint density at radius 2 is 2.20 bits per heavy atom. The van der Waals surface area contributed by atoms with Crippen LogP contribution in [0.3, 0.4) is 0 Å². The summed E-state index contributed by atoms with van der Waals surface area (Å²) in [4.78, 5) is 1.15. The average Bonchev–Trinajstić information content (AvgIpc) is 2.17. The first-order valence-corrected chi connectivity index (χ1v) is 6.04. The predicted octanol–water partition coefficient (Wildman–Crippen LogP) is 3.28. The molecule has 2 nitrogen and oxygen atoms in total. The van der Waals surface area contributed by atoms with Crippen molar-refractivity contribution in [3.63, 3.8) is 0 Å². The predicted molar refractivity (Wildman–Crippen MR) is 65.7 cm³/mol. The third-order valence-electron chi connectivity index (χ3n) is 2.11. The molecule has 0 heterocycles. The lowest BCUT2D eigenvalue weighted by atomic mass is 10.2. The van der Waals surface area contributed by atoms with Crippen molar-refractivity contribution in [3.05, 3.63) is 23.8 Å². The lowest BCUT2D eigenvalue weighted by molar-refractivity contribution is 0.632. The van der Waals surface area contributed by atoms with Crippen LogP contribution in [0.4, 0.5) is 5.69 Å². The van der Waals surface area contributed by atoms with Crippen molar-refractivity contribution in [2.24, 2.45) is 5.92 Å². The van der Waals surface area contributed by atoms with Crippen LogP contribution in [0.1, 0.15) is 25.8 Å². The van der Waals surface area contributed by atoms with Crippen LogP contribution in [0.25, 0.3) is 0 Å². The molecule has 80 valence electrons. The van der Waals surface area contributed by atoms with E-state index in [9.17, 15) is 0 Å². The summed E-state index contributed by atoms with van der Waals surface area (Å²) in [6.45, 7) is 4.43. The summed E-state index contributed by atoms with van der Waals surface area (Å²) in [5.74, 6) is 1.83. The number of hydrogen-bond donors (Lipinski definition) is 1. The van der Waals surface area contributed by atoms with Gasteiger partial charge in [-0.25, -0.2) is 0 Å². The molecule has 1 aromatic carbocycles. The number of rotatable bonds is 4. The van der Waals surface area contributed by atoms with Crippen LogP contribution in [0.15, 0.2) is 23.1 Å². The van der Waals surface area contributed by atoms with Crippen molar-refractivity contribution >= 4 is 17.4 Å². The van der Waals surface area contributed by atoms with E-state index in [2.05, 4.69) is 19.9 Å². The highest BCUT2D eigenvalue weighted by molar-refractivity contribution is 7.99. The summed E-state index contributed by atoms with van der Waals surface area (Å²) in [5, 5.41) is 8.72. The van der Waals surface area contributed by atoms with Crippen LogP contribution in [0, 0.1) is 17.2 Å². The molecule has 0 saturated carbocycles. The molecule has 0 fully saturated rings. The third-order valence-corrected chi connectivity index (χ3v) is 3.13. The largest absolute Gasteiger partial charge is 0.398 e. The Morgan fingerprint density at radius 1 is 1.47 bits per heavy atom. The van der Waals surface area contributed by atoms with Gasteiger partial charge in [-0.1, -0.05) is 13.8 Å². The van der Waals surface area contributed by atoms with Crippen molar-refractivity contribution in [2.45, 2.75) is 25.2 Å². The minimum Gasteiger partial charge on any atom is -0.398 e. The number of nitrogens with two attached hydrogens (primary N) is 1. The van der Waals surface area contributed by atoms with Gasteiger partial charge >= 0.3 is 0 Å². The summed E-state index contributed by atoms with van der Waals surface area (Å²) in [6.07, 6.45) is 1.20. The van der Waals surface area contributed by atoms with Crippen LogP contribution in [0.5, 0.6) is 0 Å². The first kappa shape index (κ1) is 11.9. The second kappa shape index (κ2) is 5.67. The maximum Gasteiger partial charge on any atom is 0.101 e. The highest BCUT2D eigenvalue weighted by Gasteiger charge is 2.01. The number of benzene rings is 1. The maximum atomic E-state index is 8.72. The standard InChI is InChI=1S/C12H16N2S/c1-9(2)5-6-15-11-4-3-10(8-13)12(14)7-11/h3-4,7,9H,5-6,14H2,1-2H3. The maximum absolute atomic E-state index is 8.72. The van der Waals surface area contributed by atoms with Gasteiger partial charge < -0.3 is 5.73 Å². The zero-order valence-electron chi connectivity index (χ0n) is 9.16. The molecule has 15 heavy (non-hydrogen) atoms. The van der Waals surface area contributed by atoms with Gasteiger partial charge in [0, 0.05) is 4.90 Å². The Morgan fingerprint density at radius 3 is 2.73 bits per heavy atom. The minimum absolute atomic E-state index is 0.559. The van der Waals surface area contributed by atoms with Gasteiger partial charge in [-0.3, -0.25) is 0 Å². The molecule has 2 N–H and O–H groups in total. The molecule has 0 saturated heterocycles. The quantitative estimate of drug-likeness (QED) is 0.625. The fraction of sp³-hybridized carbons (Fsp3) is 0.417. The molecular formula is C12H16N2S. The van der Waals surface area contributed by atoms with Crippen LogP contribution < -0.4 is 5.73 Å². The number of nitriles is 1. The summed E-state index contributed by atoms with van der Waals surface area (Å²) in [5.41, 5.74) is 6.86. The second-order valence-corrected chi connectivity index (χ2v) is 5.06. The SMILES string of the molecule is CC(C)CCSc1ccc(C#N)c(N)c1. The molecule has 0 aliphatic rings. The van der Waals surface area contributed by atoms with E-state index < -0.39 is 0 Å². The zero-order chi connectivity index (χ0) is 11.3. The fourth-order valence-electron chi connectivity index (χ4n) is 1.14. The Labute approximate surface area is 95.5 Å². The average molecular weight is 220 g/mol. The molecule has 0 aliphatic heterocycles. The molecule has 3 heteroatoms. The van der Waals surface area contributed by atoms with E-state index in [-0.39, 0.29) is 0 Å². The van der Waals surface area contributed by atoms with Gasteiger partial charge in [0.2, 0.25) is 0 Å². The van der Waals surface area contributed by atoms with Gasteiger partial charge in [-0.15, -0.1) is 11.8 Å². The number of thioether (sulfide) groups is 1. The highest BCUT2D eigenvalue weighted by Crippen LogP contribution is 2.24. The molecular weight excluding hydrogens is 204 g/mol. The topological polar surface area (TPSA) is 49.8 Å². The Kier molecular flexibility index (Phi) is 4.51. The second-order valence-electron chi connectivity index (χ2n) is 3.89. The molecule has 1 aromatic rings. The van der Waals surface area contributed by atoms with Gasteiger partial charge in [-0.05, 0) is 36.3 Å². The van der Waals surface area contributed by atoms with Gasteiger partial charge in [0.15, 0.2) is 0 Å². The van der Waals surface area contributed by atoms with Gasteiger partial charge in [0.1, 0.15) is 6.07 Å². The third kappa shape index (κ3) is 3.85. The summed E-state index contributed by atoms with van der Waals surface area (Å²) in [6, 6.07) is 7.68. The van der Waals surface area contributed by atoms with Crippen molar-refractivity contribution in [1.29, 1.82) is 5.26 Å². The number of nitrogen functional groups attached to an aromatic ring is 1. The van der Waals surface area contributed by atoms with Crippen molar-refractivity contribution in [2.75, 3.05) is 11.5 Å². The Balaban J connectivity index is 2.57. The van der Waals surface area contributed by atoms with E-state index in [0.717, 1.165) is 16.6 Å². The summed E-state index contributed by atoms with van der Waals surface area (Å²) >= 11 is 1.79. The molecule has 0 spiro atoms. The lowest BCUT2D eigenvalue weighted by Gasteiger charge is -2.05. The van der Waals surface area contributed by atoms with Gasteiger partial charge in [0.05, 0.1) is 11.3 Å². The smallest absolute Gasteiger partial charge is 0.101 e. The molecule has 0 atom stereocenters. The normalized spacial score (nSPS) is 10.3. The zero-order valence-corrected chi connectivity index (χ0v) is 9.97. The first-order valence-electron chi connectivity index (χ1n) is 5.06. The number of hydrogen-bond acceptors (Lipinski definition) is 3. The van der Waals surface area contributed by atoms with Crippen molar-refractivity contribution in [1.82, 2.24) is 0 Å². The van der Waals surface area contributed by atoms with Gasteiger partial charge in [0.25, 0.3) is 0 Å². The molecule has 0 amide bonds. The molecule has 1 rings (SSSR count). The molecule has 0 bridgehead atoms. The Hall–Kier alpha value is -1.14. The van der Waals surface area contributed by atoms with Crippen LogP contribution in [-0.4, -0.2) is 5.75 Å². The number of anilines is 1. The Bertz CT molecular complexity index is 366. The van der Waals surface area contributed by atoms with Crippen molar-refractivity contribution in [3.8, 4) is 6.07 Å². The molecule has 0 aromatic heterocycles. The fourth-order valence-corrected chi connectivity index (χ4v) is 2.34. The number of nitrogens with zero attached hydrogens (tertiary/aromatic N) is 1. The summed E-state index contributed by atoms with van der Waals surface area (Å²) < 4.78 is 0. The summed E-state index contributed by atoms with van der Waals surface area (Å²) in [7, 11) is 0. The minimum atomic E-state index is 0.559. The monoisotopic (exact) mass is 220 g/mol. The van der Waals surface area contributed by atoms with Crippen LogP contribution >= 0.6 is 11.8 Å². The van der Waals surface area contributed by atoms with Crippen LogP contribution in [-0.2, 0) is 0 Å². The molecule has 0 unspecified atom stereocenters.